The van der Waals surface area contributed by atoms with Crippen molar-refractivity contribution in [2.75, 3.05) is 36.8 Å². The number of hydrogen-bond donors (Lipinski definition) is 1. The molecule has 0 atom stereocenters. The van der Waals surface area contributed by atoms with Crippen molar-refractivity contribution in [3.63, 3.8) is 0 Å². The lowest BCUT2D eigenvalue weighted by atomic mass is 10.2. The molecule has 1 saturated heterocycles. The topological polar surface area (TPSA) is 49.6 Å². The molecule has 1 aliphatic heterocycles. The van der Waals surface area contributed by atoms with Gasteiger partial charge in [-0.3, -0.25) is 4.79 Å². The number of rotatable bonds is 2. The van der Waals surface area contributed by atoms with E-state index in [-0.39, 0.29) is 5.91 Å². The highest BCUT2D eigenvalue weighted by Crippen LogP contribution is 2.18. The van der Waals surface area contributed by atoms with Crippen LogP contribution in [0, 0.1) is 0 Å². The Balaban J connectivity index is 2.07. The molecule has 0 saturated carbocycles. The zero-order valence-electron chi connectivity index (χ0n) is 9.52. The standard InChI is InChI=1S/C12H17N3O/c1-2-14-7-8-15(9-12(14)16)11-5-3-10(13)4-6-11/h3-6H,2,7-9,13H2,1H3. The highest BCUT2D eigenvalue weighted by Gasteiger charge is 2.22. The Morgan fingerprint density at radius 2 is 1.94 bits per heavy atom. The molecule has 0 bridgehead atoms. The molecular formula is C12H17N3O. The summed E-state index contributed by atoms with van der Waals surface area (Å²) in [5.74, 6) is 0.200. The number of nitrogens with zero attached hydrogens (tertiary/aromatic N) is 2. The van der Waals surface area contributed by atoms with Crippen molar-refractivity contribution in [2.45, 2.75) is 6.92 Å². The summed E-state index contributed by atoms with van der Waals surface area (Å²) in [6.07, 6.45) is 0. The summed E-state index contributed by atoms with van der Waals surface area (Å²) < 4.78 is 0. The van der Waals surface area contributed by atoms with Gasteiger partial charge in [-0.1, -0.05) is 0 Å². The van der Waals surface area contributed by atoms with E-state index in [1.165, 1.54) is 0 Å². The van der Waals surface area contributed by atoms with Crippen molar-refractivity contribution in [3.05, 3.63) is 24.3 Å². The van der Waals surface area contributed by atoms with E-state index in [2.05, 4.69) is 4.90 Å². The van der Waals surface area contributed by atoms with Gasteiger partial charge in [0.2, 0.25) is 5.91 Å². The molecule has 1 aromatic carbocycles. The number of piperazine rings is 1. The van der Waals surface area contributed by atoms with E-state index >= 15 is 0 Å². The van der Waals surface area contributed by atoms with Gasteiger partial charge in [-0.05, 0) is 31.2 Å². The summed E-state index contributed by atoms with van der Waals surface area (Å²) in [4.78, 5) is 15.7. The number of nitrogen functional groups attached to an aromatic ring is 1. The van der Waals surface area contributed by atoms with Crippen LogP contribution < -0.4 is 10.6 Å². The third-order valence-electron chi connectivity index (χ3n) is 2.96. The van der Waals surface area contributed by atoms with Crippen LogP contribution in [0.25, 0.3) is 0 Å². The maximum absolute atomic E-state index is 11.7. The van der Waals surface area contributed by atoms with E-state index in [1.54, 1.807) is 0 Å². The first-order valence-corrected chi connectivity index (χ1v) is 5.59. The summed E-state index contributed by atoms with van der Waals surface area (Å²) in [6, 6.07) is 7.66. The van der Waals surface area contributed by atoms with Crippen molar-refractivity contribution in [2.24, 2.45) is 0 Å². The van der Waals surface area contributed by atoms with Crippen LogP contribution in [-0.4, -0.2) is 37.0 Å². The van der Waals surface area contributed by atoms with Crippen molar-refractivity contribution < 1.29 is 4.79 Å². The summed E-state index contributed by atoms with van der Waals surface area (Å²) in [5.41, 5.74) is 7.45. The Labute approximate surface area is 95.6 Å². The molecule has 1 fully saturated rings. The van der Waals surface area contributed by atoms with Gasteiger partial charge < -0.3 is 15.5 Å². The van der Waals surface area contributed by atoms with Crippen molar-refractivity contribution >= 4 is 17.3 Å². The third-order valence-corrected chi connectivity index (χ3v) is 2.96. The highest BCUT2D eigenvalue weighted by molar-refractivity contribution is 5.82. The first-order valence-electron chi connectivity index (χ1n) is 5.59. The second kappa shape index (κ2) is 4.43. The maximum atomic E-state index is 11.7. The van der Waals surface area contributed by atoms with Gasteiger partial charge in [-0.2, -0.15) is 0 Å². The molecule has 0 unspecified atom stereocenters. The minimum atomic E-state index is 0.200. The molecule has 16 heavy (non-hydrogen) atoms. The second-order valence-electron chi connectivity index (χ2n) is 3.99. The van der Waals surface area contributed by atoms with E-state index in [0.29, 0.717) is 6.54 Å². The van der Waals surface area contributed by atoms with Gasteiger partial charge in [0.15, 0.2) is 0 Å². The average molecular weight is 219 g/mol. The zero-order chi connectivity index (χ0) is 11.5. The number of anilines is 2. The molecule has 0 aliphatic carbocycles. The Bertz CT molecular complexity index is 374. The smallest absolute Gasteiger partial charge is 0.242 e. The van der Waals surface area contributed by atoms with Crippen LogP contribution in [0.3, 0.4) is 0 Å². The van der Waals surface area contributed by atoms with Crippen molar-refractivity contribution in [1.82, 2.24) is 4.90 Å². The molecule has 4 heteroatoms. The van der Waals surface area contributed by atoms with Gasteiger partial charge >= 0.3 is 0 Å². The van der Waals surface area contributed by atoms with Gasteiger partial charge in [0.1, 0.15) is 0 Å². The van der Waals surface area contributed by atoms with Crippen molar-refractivity contribution in [3.8, 4) is 0 Å². The molecule has 2 N–H and O–H groups in total. The third kappa shape index (κ3) is 2.10. The minimum Gasteiger partial charge on any atom is -0.399 e. The van der Waals surface area contributed by atoms with Crippen LogP contribution in [0.2, 0.25) is 0 Å². The molecule has 0 aromatic heterocycles. The van der Waals surface area contributed by atoms with Crippen LogP contribution >= 0.6 is 0 Å². The Kier molecular flexibility index (Phi) is 2.99. The fraction of sp³-hybridized carbons (Fsp3) is 0.417. The van der Waals surface area contributed by atoms with E-state index in [9.17, 15) is 4.79 Å². The fourth-order valence-electron chi connectivity index (χ4n) is 1.95. The molecule has 1 aromatic rings. The number of carbonyl (C=O) groups excluding carboxylic acids is 1. The lowest BCUT2D eigenvalue weighted by molar-refractivity contribution is -0.130. The predicted octanol–water partition coefficient (Wildman–Crippen LogP) is 0.937. The minimum absolute atomic E-state index is 0.200. The first-order chi connectivity index (χ1) is 7.70. The van der Waals surface area contributed by atoms with Gasteiger partial charge in [0.25, 0.3) is 0 Å². The SMILES string of the molecule is CCN1CCN(c2ccc(N)cc2)CC1=O. The Morgan fingerprint density at radius 3 is 2.50 bits per heavy atom. The van der Waals surface area contributed by atoms with Gasteiger partial charge in [-0.25, -0.2) is 0 Å². The Hall–Kier alpha value is -1.71. The monoisotopic (exact) mass is 219 g/mol. The van der Waals surface area contributed by atoms with E-state index in [4.69, 9.17) is 5.73 Å². The molecule has 2 rings (SSSR count). The molecule has 86 valence electrons. The molecule has 0 spiro atoms. The molecule has 1 heterocycles. The molecular weight excluding hydrogens is 202 g/mol. The van der Waals surface area contributed by atoms with Crippen LogP contribution in [0.5, 0.6) is 0 Å². The first kappa shape index (κ1) is 10.8. The predicted molar refractivity (Wildman–Crippen MR) is 65.3 cm³/mol. The number of amides is 1. The van der Waals surface area contributed by atoms with E-state index < -0.39 is 0 Å². The maximum Gasteiger partial charge on any atom is 0.242 e. The molecule has 0 radical (unpaired) electrons. The molecule has 1 aliphatic rings. The summed E-state index contributed by atoms with van der Waals surface area (Å²) in [5, 5.41) is 0. The van der Waals surface area contributed by atoms with Crippen molar-refractivity contribution in [1.29, 1.82) is 0 Å². The Morgan fingerprint density at radius 1 is 1.25 bits per heavy atom. The number of carbonyl (C=O) groups is 1. The van der Waals surface area contributed by atoms with Crippen LogP contribution in [-0.2, 0) is 4.79 Å². The van der Waals surface area contributed by atoms with E-state index in [0.717, 1.165) is 31.0 Å². The zero-order valence-corrected chi connectivity index (χ0v) is 9.52. The summed E-state index contributed by atoms with van der Waals surface area (Å²) in [7, 11) is 0. The fourth-order valence-corrected chi connectivity index (χ4v) is 1.95. The van der Waals surface area contributed by atoms with Gasteiger partial charge in [-0.15, -0.1) is 0 Å². The van der Waals surface area contributed by atoms with Gasteiger partial charge in [0, 0.05) is 31.0 Å². The highest BCUT2D eigenvalue weighted by atomic mass is 16.2. The van der Waals surface area contributed by atoms with Gasteiger partial charge in [0.05, 0.1) is 6.54 Å². The lowest BCUT2D eigenvalue weighted by Crippen LogP contribution is -2.50. The molecule has 4 nitrogen and oxygen atoms in total. The summed E-state index contributed by atoms with van der Waals surface area (Å²) >= 11 is 0. The lowest BCUT2D eigenvalue weighted by Gasteiger charge is -2.35. The largest absolute Gasteiger partial charge is 0.399 e. The van der Waals surface area contributed by atoms with Crippen LogP contribution in [0.15, 0.2) is 24.3 Å². The quantitative estimate of drug-likeness (QED) is 0.753. The number of likely N-dealkylation sites (N-methyl/N-ethyl adjacent to an activating group) is 1. The van der Waals surface area contributed by atoms with E-state index in [1.807, 2.05) is 36.1 Å². The second-order valence-corrected chi connectivity index (χ2v) is 3.99. The molecule has 1 amide bonds. The summed E-state index contributed by atoms with van der Waals surface area (Å²) in [6.45, 7) is 4.98. The number of hydrogen-bond acceptors (Lipinski definition) is 3. The normalized spacial score (nSPS) is 16.7. The average Bonchev–Trinajstić information content (AvgIpc) is 2.30. The number of benzene rings is 1. The van der Waals surface area contributed by atoms with Crippen LogP contribution in [0.4, 0.5) is 11.4 Å². The van der Waals surface area contributed by atoms with Crippen LogP contribution in [0.1, 0.15) is 6.92 Å². The number of nitrogens with two attached hydrogens (primary N) is 1.